The molecule has 0 saturated carbocycles. The Labute approximate surface area is 192 Å². The summed E-state index contributed by atoms with van der Waals surface area (Å²) in [5.74, 6) is 0. The van der Waals surface area contributed by atoms with Crippen LogP contribution in [0.25, 0.3) is 0 Å². The van der Waals surface area contributed by atoms with Crippen LogP contribution in [-0.2, 0) is 23.7 Å². The Bertz CT molecular complexity index is 637. The molecule has 16 heteroatoms. The van der Waals surface area contributed by atoms with E-state index in [4.69, 9.17) is 23.7 Å². The van der Waals surface area contributed by atoms with Crippen molar-refractivity contribution in [2.45, 2.75) is 92.1 Å². The maximum Gasteiger partial charge on any atom is 0.187 e. The highest BCUT2D eigenvalue weighted by Crippen LogP contribution is 2.30. The number of hydrogen-bond acceptors (Lipinski definition) is 16. The number of ether oxygens (including phenoxy) is 5. The first-order valence-corrected chi connectivity index (χ1v) is 10.6. The molecule has 3 aliphatic rings. The highest BCUT2D eigenvalue weighted by molar-refractivity contribution is 4.94. The molecule has 3 rings (SSSR count). The van der Waals surface area contributed by atoms with Crippen molar-refractivity contribution >= 4 is 0 Å². The van der Waals surface area contributed by atoms with Gasteiger partial charge in [0.1, 0.15) is 73.2 Å². The Morgan fingerprint density at radius 1 is 0.500 bits per heavy atom. The van der Waals surface area contributed by atoms with Gasteiger partial charge in [0.25, 0.3) is 0 Å². The normalized spacial score (nSPS) is 52.5. The SMILES string of the molecule is OC[C@H]1O[C@@H](O[C@H]2[C@H](O)[C@@H](O)[C@H](OC[C@H]3OC(O)[C@H](O)[C@@H](O)[C@@H]3O)O[C@@H]2CO)[C@H](O)[C@@H](O)[C@@H]1O. The highest BCUT2D eigenvalue weighted by atomic mass is 16.7. The average molecular weight is 504 g/mol. The van der Waals surface area contributed by atoms with Crippen molar-refractivity contribution in [1.82, 2.24) is 0 Å². The minimum atomic E-state index is -1.82. The summed E-state index contributed by atoms with van der Waals surface area (Å²) in [6.07, 6.45) is -24.7. The second-order valence-corrected chi connectivity index (χ2v) is 8.37. The van der Waals surface area contributed by atoms with Gasteiger partial charge in [0.05, 0.1) is 19.8 Å². The molecule has 3 saturated heterocycles. The lowest BCUT2D eigenvalue weighted by molar-refractivity contribution is -0.363. The molecule has 11 N–H and O–H groups in total. The van der Waals surface area contributed by atoms with Gasteiger partial charge in [-0.2, -0.15) is 0 Å². The maximum atomic E-state index is 10.5. The fourth-order valence-electron chi connectivity index (χ4n) is 3.95. The van der Waals surface area contributed by atoms with Crippen LogP contribution in [0.2, 0.25) is 0 Å². The van der Waals surface area contributed by atoms with Crippen LogP contribution in [-0.4, -0.2) is 168 Å². The third-order valence-electron chi connectivity index (χ3n) is 6.07. The number of aliphatic hydroxyl groups excluding tert-OH is 11. The monoisotopic (exact) mass is 504 g/mol. The Morgan fingerprint density at radius 3 is 1.65 bits per heavy atom. The molecule has 0 aliphatic carbocycles. The maximum absolute atomic E-state index is 10.5. The molecular weight excluding hydrogens is 472 g/mol. The Morgan fingerprint density at radius 2 is 1.03 bits per heavy atom. The second kappa shape index (κ2) is 11.6. The van der Waals surface area contributed by atoms with Crippen LogP contribution in [0.5, 0.6) is 0 Å². The minimum Gasteiger partial charge on any atom is -0.394 e. The van der Waals surface area contributed by atoms with Crippen molar-refractivity contribution < 1.29 is 79.9 Å². The Hall–Kier alpha value is -0.640. The predicted molar refractivity (Wildman–Crippen MR) is 101 cm³/mol. The van der Waals surface area contributed by atoms with Gasteiger partial charge >= 0.3 is 0 Å². The van der Waals surface area contributed by atoms with E-state index in [2.05, 4.69) is 0 Å². The summed E-state index contributed by atoms with van der Waals surface area (Å²) in [5.41, 5.74) is 0. The van der Waals surface area contributed by atoms with E-state index in [1.807, 2.05) is 0 Å². The van der Waals surface area contributed by atoms with Crippen LogP contribution in [0.15, 0.2) is 0 Å². The zero-order valence-electron chi connectivity index (χ0n) is 17.7. The zero-order valence-corrected chi connectivity index (χ0v) is 17.7. The van der Waals surface area contributed by atoms with Gasteiger partial charge in [-0.05, 0) is 0 Å². The fourth-order valence-corrected chi connectivity index (χ4v) is 3.95. The Kier molecular flexibility index (Phi) is 9.54. The average Bonchev–Trinajstić information content (AvgIpc) is 2.83. The van der Waals surface area contributed by atoms with Crippen molar-refractivity contribution in [2.75, 3.05) is 19.8 Å². The van der Waals surface area contributed by atoms with Gasteiger partial charge in [-0.1, -0.05) is 0 Å². The van der Waals surface area contributed by atoms with E-state index in [9.17, 15) is 56.2 Å². The molecule has 0 aromatic heterocycles. The van der Waals surface area contributed by atoms with E-state index < -0.39 is 112 Å². The lowest BCUT2D eigenvalue weighted by atomic mass is 9.97. The van der Waals surface area contributed by atoms with Gasteiger partial charge in [-0.25, -0.2) is 0 Å². The molecule has 34 heavy (non-hydrogen) atoms. The van der Waals surface area contributed by atoms with E-state index in [-0.39, 0.29) is 0 Å². The van der Waals surface area contributed by atoms with Crippen molar-refractivity contribution in [2.24, 2.45) is 0 Å². The summed E-state index contributed by atoms with van der Waals surface area (Å²) >= 11 is 0. The second-order valence-electron chi connectivity index (χ2n) is 8.37. The van der Waals surface area contributed by atoms with Crippen LogP contribution >= 0.6 is 0 Å². The van der Waals surface area contributed by atoms with Crippen LogP contribution in [0, 0.1) is 0 Å². The molecule has 3 aliphatic heterocycles. The van der Waals surface area contributed by atoms with Crippen molar-refractivity contribution in [3.63, 3.8) is 0 Å². The summed E-state index contributed by atoms with van der Waals surface area (Å²) in [7, 11) is 0. The zero-order chi connectivity index (χ0) is 25.3. The molecule has 16 nitrogen and oxygen atoms in total. The predicted octanol–water partition coefficient (Wildman–Crippen LogP) is -7.57. The molecule has 200 valence electrons. The Balaban J connectivity index is 1.63. The molecular formula is C18H32O16. The molecule has 3 fully saturated rings. The summed E-state index contributed by atoms with van der Waals surface area (Å²) in [6, 6.07) is 0. The van der Waals surface area contributed by atoms with Crippen LogP contribution in [0.4, 0.5) is 0 Å². The van der Waals surface area contributed by atoms with E-state index in [1.54, 1.807) is 0 Å². The quantitative estimate of drug-likeness (QED) is 0.154. The molecule has 0 aromatic rings. The summed E-state index contributed by atoms with van der Waals surface area (Å²) in [5, 5.41) is 109. The molecule has 0 radical (unpaired) electrons. The van der Waals surface area contributed by atoms with Gasteiger partial charge in [0, 0.05) is 0 Å². The third-order valence-corrected chi connectivity index (χ3v) is 6.07. The van der Waals surface area contributed by atoms with Gasteiger partial charge in [-0.3, -0.25) is 0 Å². The van der Waals surface area contributed by atoms with Gasteiger partial charge in [-0.15, -0.1) is 0 Å². The number of rotatable bonds is 7. The largest absolute Gasteiger partial charge is 0.394 e. The lowest BCUT2D eigenvalue weighted by Gasteiger charge is -2.46. The van der Waals surface area contributed by atoms with Crippen LogP contribution in [0.1, 0.15) is 0 Å². The number of aliphatic hydroxyl groups is 11. The van der Waals surface area contributed by atoms with Crippen molar-refractivity contribution in [1.29, 1.82) is 0 Å². The standard InChI is InChI=1S/C18H32O16/c19-1-4-7(21)10(24)13(27)18(32-4)34-15-5(2-20)33-17(14(28)11(15)25)30-3-6-8(22)9(23)12(26)16(29)31-6/h4-29H,1-3H2/t4-,5-,6-,7-,8-,9+,10+,11-,12-,13-,14-,15-,16?,17-,18+/m1/s1. The molecule has 0 bridgehead atoms. The van der Waals surface area contributed by atoms with E-state index in [0.29, 0.717) is 0 Å². The topological polar surface area (TPSA) is 269 Å². The first kappa shape index (κ1) is 27.9. The minimum absolute atomic E-state index is 0.577. The molecule has 1 unspecified atom stereocenters. The van der Waals surface area contributed by atoms with E-state index >= 15 is 0 Å². The van der Waals surface area contributed by atoms with Crippen LogP contribution < -0.4 is 0 Å². The first-order valence-electron chi connectivity index (χ1n) is 10.6. The van der Waals surface area contributed by atoms with Crippen molar-refractivity contribution in [3.05, 3.63) is 0 Å². The van der Waals surface area contributed by atoms with E-state index in [1.165, 1.54) is 0 Å². The lowest BCUT2D eigenvalue weighted by Crippen LogP contribution is -2.65. The smallest absolute Gasteiger partial charge is 0.187 e. The molecule has 15 atom stereocenters. The summed E-state index contributed by atoms with van der Waals surface area (Å²) in [4.78, 5) is 0. The summed E-state index contributed by atoms with van der Waals surface area (Å²) in [6.45, 7) is -2.09. The van der Waals surface area contributed by atoms with Gasteiger partial charge < -0.3 is 79.9 Å². The van der Waals surface area contributed by atoms with Crippen LogP contribution in [0.3, 0.4) is 0 Å². The summed E-state index contributed by atoms with van der Waals surface area (Å²) < 4.78 is 26.2. The molecule has 0 aromatic carbocycles. The van der Waals surface area contributed by atoms with Gasteiger partial charge in [0.15, 0.2) is 18.9 Å². The fraction of sp³-hybridized carbons (Fsp3) is 1.00. The van der Waals surface area contributed by atoms with E-state index in [0.717, 1.165) is 0 Å². The van der Waals surface area contributed by atoms with Crippen molar-refractivity contribution in [3.8, 4) is 0 Å². The molecule has 0 spiro atoms. The van der Waals surface area contributed by atoms with Gasteiger partial charge in [0.2, 0.25) is 0 Å². The molecule has 3 heterocycles. The third kappa shape index (κ3) is 5.52. The highest BCUT2D eigenvalue weighted by Gasteiger charge is 2.51. The number of hydrogen-bond donors (Lipinski definition) is 11. The first-order chi connectivity index (χ1) is 16.0. The molecule has 0 amide bonds.